The lowest BCUT2D eigenvalue weighted by Crippen LogP contribution is -2.32. The Labute approximate surface area is 190 Å². The molecule has 0 aliphatic carbocycles. The molecule has 2 aliphatic rings. The lowest BCUT2D eigenvalue weighted by atomic mass is 10.2. The molecule has 8 heteroatoms. The molecule has 2 aromatic rings. The van der Waals surface area contributed by atoms with Crippen LogP contribution in [-0.2, 0) is 21.4 Å². The normalized spacial score (nSPS) is 18.5. The predicted molar refractivity (Wildman–Crippen MR) is 127 cm³/mol. The van der Waals surface area contributed by atoms with Gasteiger partial charge in [0.25, 0.3) is 0 Å². The molecule has 1 atom stereocenters. The molecule has 2 saturated heterocycles. The van der Waals surface area contributed by atoms with Crippen LogP contribution in [0.2, 0.25) is 0 Å². The summed E-state index contributed by atoms with van der Waals surface area (Å²) in [4.78, 5) is 15.3. The Kier molecular flexibility index (Phi) is 7.13. The summed E-state index contributed by atoms with van der Waals surface area (Å²) >= 11 is 0. The van der Waals surface area contributed by atoms with E-state index in [1.165, 1.54) is 35.8 Å². The van der Waals surface area contributed by atoms with Gasteiger partial charge in [0, 0.05) is 31.0 Å². The van der Waals surface area contributed by atoms with Crippen LogP contribution in [0.25, 0.3) is 0 Å². The van der Waals surface area contributed by atoms with Crippen LogP contribution in [0.15, 0.2) is 53.4 Å². The average molecular weight is 457 g/mol. The first kappa shape index (κ1) is 22.8. The Morgan fingerprint density at radius 3 is 2.06 bits per heavy atom. The van der Waals surface area contributed by atoms with Gasteiger partial charge in [-0.25, -0.2) is 8.42 Å². The number of rotatable bonds is 8. The Balaban J connectivity index is 1.30. The van der Waals surface area contributed by atoms with Crippen molar-refractivity contribution < 1.29 is 13.2 Å². The zero-order chi connectivity index (χ0) is 22.6. The zero-order valence-corrected chi connectivity index (χ0v) is 19.4. The van der Waals surface area contributed by atoms with Gasteiger partial charge in [-0.15, -0.1) is 0 Å². The molecular weight excluding hydrogens is 424 g/mol. The summed E-state index contributed by atoms with van der Waals surface area (Å²) < 4.78 is 26.8. The lowest BCUT2D eigenvalue weighted by Gasteiger charge is -2.18. The topological polar surface area (TPSA) is 81.8 Å². The maximum Gasteiger partial charge on any atom is 0.246 e. The molecule has 2 fully saturated rings. The Morgan fingerprint density at radius 2 is 1.44 bits per heavy atom. The quantitative estimate of drug-likeness (QED) is 0.635. The van der Waals surface area contributed by atoms with E-state index >= 15 is 0 Å². The first-order valence-corrected chi connectivity index (χ1v) is 12.8. The molecule has 0 saturated carbocycles. The third kappa shape index (κ3) is 5.49. The van der Waals surface area contributed by atoms with Crippen molar-refractivity contribution in [1.82, 2.24) is 9.21 Å². The standard InChI is InChI=1S/C24H32N4O3S/c1-19(25-21-8-6-20(7-9-21)18-27-14-2-3-15-27)24(29)26-22-10-12-23(13-11-22)32(30,31)28-16-4-5-17-28/h6-13,19,25H,2-5,14-18H2,1H3,(H,26,29)/t19-/m1/s1. The molecule has 1 amide bonds. The highest BCUT2D eigenvalue weighted by molar-refractivity contribution is 7.89. The molecule has 0 bridgehead atoms. The fourth-order valence-electron chi connectivity index (χ4n) is 4.26. The number of hydrogen-bond donors (Lipinski definition) is 2. The molecule has 0 aromatic heterocycles. The van der Waals surface area contributed by atoms with Gasteiger partial charge >= 0.3 is 0 Å². The number of nitrogens with one attached hydrogen (secondary N) is 2. The predicted octanol–water partition coefficient (Wildman–Crippen LogP) is 3.51. The Bertz CT molecular complexity index is 1010. The SMILES string of the molecule is C[C@@H](Nc1ccc(CN2CCCC2)cc1)C(=O)Nc1ccc(S(=O)(=O)N2CCCC2)cc1. The molecule has 0 spiro atoms. The van der Waals surface area contributed by atoms with E-state index in [2.05, 4.69) is 27.7 Å². The summed E-state index contributed by atoms with van der Waals surface area (Å²) in [5.41, 5.74) is 2.74. The Morgan fingerprint density at radius 1 is 0.875 bits per heavy atom. The Hall–Kier alpha value is -2.42. The number of likely N-dealkylation sites (tertiary alicyclic amines) is 1. The number of anilines is 2. The van der Waals surface area contributed by atoms with Crippen LogP contribution in [0.3, 0.4) is 0 Å². The van der Waals surface area contributed by atoms with Crippen molar-refractivity contribution in [2.45, 2.75) is 50.1 Å². The molecule has 172 valence electrons. The molecular formula is C24H32N4O3S. The zero-order valence-electron chi connectivity index (χ0n) is 18.6. The highest BCUT2D eigenvalue weighted by atomic mass is 32.2. The summed E-state index contributed by atoms with van der Waals surface area (Å²) in [7, 11) is -3.45. The van der Waals surface area contributed by atoms with E-state index in [1.54, 1.807) is 31.2 Å². The van der Waals surface area contributed by atoms with Crippen molar-refractivity contribution in [3.8, 4) is 0 Å². The van der Waals surface area contributed by atoms with E-state index in [-0.39, 0.29) is 10.8 Å². The van der Waals surface area contributed by atoms with E-state index in [9.17, 15) is 13.2 Å². The van der Waals surface area contributed by atoms with Crippen LogP contribution in [0.4, 0.5) is 11.4 Å². The van der Waals surface area contributed by atoms with Gasteiger partial charge in [-0.2, -0.15) is 4.31 Å². The number of nitrogens with zero attached hydrogens (tertiary/aromatic N) is 2. The number of benzene rings is 2. The summed E-state index contributed by atoms with van der Waals surface area (Å²) in [6.45, 7) is 6.26. The second-order valence-electron chi connectivity index (χ2n) is 8.67. The van der Waals surface area contributed by atoms with Gasteiger partial charge in [-0.3, -0.25) is 9.69 Å². The van der Waals surface area contributed by atoms with Crippen molar-refractivity contribution in [1.29, 1.82) is 0 Å². The number of amides is 1. The minimum absolute atomic E-state index is 0.179. The van der Waals surface area contributed by atoms with Crippen molar-refractivity contribution in [2.24, 2.45) is 0 Å². The summed E-state index contributed by atoms with van der Waals surface area (Å²) in [6, 6.07) is 14.2. The van der Waals surface area contributed by atoms with Gasteiger partial charge in [0.15, 0.2) is 0 Å². The van der Waals surface area contributed by atoms with Crippen LogP contribution >= 0.6 is 0 Å². The molecule has 2 heterocycles. The number of carbonyl (C=O) groups is 1. The van der Waals surface area contributed by atoms with E-state index in [0.29, 0.717) is 18.8 Å². The van der Waals surface area contributed by atoms with Gasteiger partial charge < -0.3 is 10.6 Å². The highest BCUT2D eigenvalue weighted by Crippen LogP contribution is 2.22. The molecule has 0 radical (unpaired) electrons. The number of carbonyl (C=O) groups excluding carboxylic acids is 1. The van der Waals surface area contributed by atoms with E-state index in [4.69, 9.17) is 0 Å². The second kappa shape index (κ2) is 10.0. The molecule has 32 heavy (non-hydrogen) atoms. The fraction of sp³-hybridized carbons (Fsp3) is 0.458. The maximum absolute atomic E-state index is 12.6. The highest BCUT2D eigenvalue weighted by Gasteiger charge is 2.27. The fourth-order valence-corrected chi connectivity index (χ4v) is 5.78. The van der Waals surface area contributed by atoms with Gasteiger partial charge in [0.05, 0.1) is 4.90 Å². The van der Waals surface area contributed by atoms with Crippen LogP contribution in [0.1, 0.15) is 38.2 Å². The van der Waals surface area contributed by atoms with E-state index < -0.39 is 16.1 Å². The average Bonchev–Trinajstić information content (AvgIpc) is 3.50. The molecule has 2 N–H and O–H groups in total. The van der Waals surface area contributed by atoms with Crippen molar-refractivity contribution in [3.05, 3.63) is 54.1 Å². The first-order chi connectivity index (χ1) is 15.4. The second-order valence-corrected chi connectivity index (χ2v) is 10.6. The first-order valence-electron chi connectivity index (χ1n) is 11.4. The summed E-state index contributed by atoms with van der Waals surface area (Å²) in [6.07, 6.45) is 4.37. The van der Waals surface area contributed by atoms with E-state index in [0.717, 1.165) is 25.1 Å². The van der Waals surface area contributed by atoms with Crippen molar-refractivity contribution in [2.75, 3.05) is 36.8 Å². The van der Waals surface area contributed by atoms with Crippen LogP contribution in [-0.4, -0.2) is 55.8 Å². The minimum atomic E-state index is -3.45. The summed E-state index contributed by atoms with van der Waals surface area (Å²) in [5.74, 6) is -0.179. The van der Waals surface area contributed by atoms with Crippen LogP contribution < -0.4 is 10.6 Å². The molecule has 2 aromatic carbocycles. The third-order valence-electron chi connectivity index (χ3n) is 6.16. The monoisotopic (exact) mass is 456 g/mol. The van der Waals surface area contributed by atoms with E-state index in [1.807, 2.05) is 12.1 Å². The van der Waals surface area contributed by atoms with Crippen molar-refractivity contribution in [3.63, 3.8) is 0 Å². The molecule has 4 rings (SSSR count). The lowest BCUT2D eigenvalue weighted by molar-refractivity contribution is -0.116. The number of sulfonamides is 1. The van der Waals surface area contributed by atoms with Gasteiger partial charge in [0.2, 0.25) is 15.9 Å². The van der Waals surface area contributed by atoms with Crippen LogP contribution in [0, 0.1) is 0 Å². The molecule has 2 aliphatic heterocycles. The van der Waals surface area contributed by atoms with Gasteiger partial charge in [-0.1, -0.05) is 12.1 Å². The van der Waals surface area contributed by atoms with Gasteiger partial charge in [0.1, 0.15) is 6.04 Å². The number of hydrogen-bond acceptors (Lipinski definition) is 5. The minimum Gasteiger partial charge on any atom is -0.374 e. The largest absolute Gasteiger partial charge is 0.374 e. The third-order valence-corrected chi connectivity index (χ3v) is 8.07. The van der Waals surface area contributed by atoms with Crippen molar-refractivity contribution >= 4 is 27.3 Å². The molecule has 0 unspecified atom stereocenters. The summed E-state index contributed by atoms with van der Waals surface area (Å²) in [5, 5.41) is 6.08. The maximum atomic E-state index is 12.6. The van der Waals surface area contributed by atoms with Crippen LogP contribution in [0.5, 0.6) is 0 Å². The molecule has 7 nitrogen and oxygen atoms in total. The van der Waals surface area contributed by atoms with Gasteiger partial charge in [-0.05, 0) is 87.7 Å². The smallest absolute Gasteiger partial charge is 0.246 e.